The molecule has 2 rings (SSSR count). The Bertz CT molecular complexity index is 545. The quantitative estimate of drug-likeness (QED) is 0.883. The predicted octanol–water partition coefficient (Wildman–Crippen LogP) is 2.69. The number of carbonyl (C=O) groups is 1. The Morgan fingerprint density at radius 3 is 2.88 bits per heavy atom. The number of aliphatic carboxylic acids is 1. The van der Waals surface area contributed by atoms with Crippen molar-refractivity contribution < 1.29 is 14.6 Å². The van der Waals surface area contributed by atoms with Crippen molar-refractivity contribution in [2.45, 2.75) is 19.9 Å². The van der Waals surface area contributed by atoms with Gasteiger partial charge in [0.15, 0.2) is 0 Å². The van der Waals surface area contributed by atoms with Crippen LogP contribution in [0, 0.1) is 0 Å². The van der Waals surface area contributed by atoms with Gasteiger partial charge in [0.25, 0.3) is 0 Å². The second kappa shape index (κ2) is 4.49. The summed E-state index contributed by atoms with van der Waals surface area (Å²) in [7, 11) is 0. The largest absolute Gasteiger partial charge is 0.493 e. The van der Waals surface area contributed by atoms with E-state index in [2.05, 4.69) is 0 Å². The number of carboxylic acids is 1. The van der Waals surface area contributed by atoms with E-state index in [1.165, 1.54) is 0 Å². The molecule has 4 nitrogen and oxygen atoms in total. The molecule has 0 amide bonds. The maximum absolute atomic E-state index is 11.0. The molecule has 1 N–H and O–H groups in total. The molecule has 0 radical (unpaired) electrons. The number of benzene rings is 1. The number of fused-ring (bicyclic) bond motifs is 1. The average molecular weight is 233 g/mol. The minimum absolute atomic E-state index is 0.579. The fraction of sp³-hybridized carbons (Fsp3) is 0.308. The van der Waals surface area contributed by atoms with Crippen LogP contribution in [0.15, 0.2) is 30.5 Å². The first-order chi connectivity index (χ1) is 8.15. The Morgan fingerprint density at radius 1 is 1.47 bits per heavy atom. The van der Waals surface area contributed by atoms with Gasteiger partial charge < -0.3 is 14.4 Å². The lowest BCUT2D eigenvalue weighted by Gasteiger charge is -2.11. The zero-order chi connectivity index (χ0) is 12.4. The second-order valence-corrected chi connectivity index (χ2v) is 3.86. The molecule has 0 saturated heterocycles. The fourth-order valence-electron chi connectivity index (χ4n) is 1.90. The number of carboxylic acid groups (broad SMARTS) is 1. The standard InChI is InChI=1S/C13H15NO3/c1-3-17-12-6-4-5-11-10(12)7-8-14(11)9(2)13(15)16/h4-9H,3H2,1-2H3,(H,15,16). The maximum Gasteiger partial charge on any atom is 0.326 e. The molecule has 4 heteroatoms. The summed E-state index contributed by atoms with van der Waals surface area (Å²) in [4.78, 5) is 11.0. The normalized spacial score (nSPS) is 12.6. The summed E-state index contributed by atoms with van der Waals surface area (Å²) in [6.07, 6.45) is 1.78. The van der Waals surface area contributed by atoms with Gasteiger partial charge in [0.1, 0.15) is 11.8 Å². The third-order valence-corrected chi connectivity index (χ3v) is 2.80. The molecule has 0 aliphatic heterocycles. The van der Waals surface area contributed by atoms with E-state index in [1.54, 1.807) is 17.7 Å². The second-order valence-electron chi connectivity index (χ2n) is 3.86. The lowest BCUT2D eigenvalue weighted by atomic mass is 10.2. The molecule has 1 heterocycles. The molecular weight excluding hydrogens is 218 g/mol. The molecule has 0 fully saturated rings. The van der Waals surface area contributed by atoms with Crippen LogP contribution in [-0.2, 0) is 4.79 Å². The monoisotopic (exact) mass is 233 g/mol. The van der Waals surface area contributed by atoms with Crippen LogP contribution in [0.2, 0.25) is 0 Å². The van der Waals surface area contributed by atoms with Crippen LogP contribution < -0.4 is 4.74 Å². The third kappa shape index (κ3) is 1.98. The maximum atomic E-state index is 11.0. The first kappa shape index (κ1) is 11.5. The Kier molecular flexibility index (Phi) is 3.04. The average Bonchev–Trinajstić information content (AvgIpc) is 2.73. The minimum Gasteiger partial charge on any atom is -0.493 e. The Hall–Kier alpha value is -1.97. The molecule has 1 aromatic heterocycles. The van der Waals surface area contributed by atoms with Crippen molar-refractivity contribution in [3.8, 4) is 5.75 Å². The van der Waals surface area contributed by atoms with Crippen LogP contribution in [0.25, 0.3) is 10.9 Å². The summed E-state index contributed by atoms with van der Waals surface area (Å²) in [6, 6.07) is 6.97. The van der Waals surface area contributed by atoms with Crippen molar-refractivity contribution in [2.75, 3.05) is 6.61 Å². The van der Waals surface area contributed by atoms with Crippen molar-refractivity contribution in [3.05, 3.63) is 30.5 Å². The van der Waals surface area contributed by atoms with Gasteiger partial charge in [-0.1, -0.05) is 6.07 Å². The summed E-state index contributed by atoms with van der Waals surface area (Å²) in [6.45, 7) is 4.18. The minimum atomic E-state index is -0.843. The van der Waals surface area contributed by atoms with Crippen LogP contribution in [-0.4, -0.2) is 22.2 Å². The van der Waals surface area contributed by atoms with Gasteiger partial charge in [-0.25, -0.2) is 4.79 Å². The zero-order valence-corrected chi connectivity index (χ0v) is 9.88. The van der Waals surface area contributed by atoms with Gasteiger partial charge in [-0.05, 0) is 32.0 Å². The van der Waals surface area contributed by atoms with E-state index >= 15 is 0 Å². The lowest BCUT2D eigenvalue weighted by molar-refractivity contribution is -0.140. The molecule has 0 spiro atoms. The fourth-order valence-corrected chi connectivity index (χ4v) is 1.90. The molecule has 0 aliphatic carbocycles. The van der Waals surface area contributed by atoms with E-state index < -0.39 is 12.0 Å². The molecule has 90 valence electrons. The van der Waals surface area contributed by atoms with E-state index in [1.807, 2.05) is 31.2 Å². The van der Waals surface area contributed by atoms with E-state index in [0.717, 1.165) is 16.7 Å². The van der Waals surface area contributed by atoms with Gasteiger partial charge >= 0.3 is 5.97 Å². The molecule has 1 atom stereocenters. The number of hydrogen-bond donors (Lipinski definition) is 1. The highest BCUT2D eigenvalue weighted by Crippen LogP contribution is 2.28. The van der Waals surface area contributed by atoms with Crippen LogP contribution in [0.3, 0.4) is 0 Å². The third-order valence-electron chi connectivity index (χ3n) is 2.80. The van der Waals surface area contributed by atoms with Crippen molar-refractivity contribution in [1.82, 2.24) is 4.57 Å². The highest BCUT2D eigenvalue weighted by Gasteiger charge is 2.16. The Balaban J connectivity index is 2.54. The van der Waals surface area contributed by atoms with E-state index in [4.69, 9.17) is 9.84 Å². The number of ether oxygens (including phenoxy) is 1. The molecule has 1 unspecified atom stereocenters. The van der Waals surface area contributed by atoms with Crippen molar-refractivity contribution in [2.24, 2.45) is 0 Å². The predicted molar refractivity (Wildman–Crippen MR) is 65.5 cm³/mol. The topological polar surface area (TPSA) is 51.5 Å². The van der Waals surface area contributed by atoms with Crippen LogP contribution in [0.1, 0.15) is 19.9 Å². The molecule has 0 aliphatic rings. The van der Waals surface area contributed by atoms with Crippen molar-refractivity contribution in [3.63, 3.8) is 0 Å². The van der Waals surface area contributed by atoms with Gasteiger partial charge in [-0.2, -0.15) is 0 Å². The summed E-state index contributed by atoms with van der Waals surface area (Å²) in [5.74, 6) is -0.0503. The Labute approximate surface area is 99.4 Å². The van der Waals surface area contributed by atoms with Gasteiger partial charge in [-0.3, -0.25) is 0 Å². The smallest absolute Gasteiger partial charge is 0.326 e. The highest BCUT2D eigenvalue weighted by molar-refractivity contribution is 5.88. The lowest BCUT2D eigenvalue weighted by Crippen LogP contribution is -2.14. The molecule has 1 aromatic carbocycles. The first-order valence-corrected chi connectivity index (χ1v) is 5.60. The van der Waals surface area contributed by atoms with Crippen LogP contribution in [0.5, 0.6) is 5.75 Å². The summed E-state index contributed by atoms with van der Waals surface area (Å²) < 4.78 is 7.25. The molecule has 17 heavy (non-hydrogen) atoms. The van der Waals surface area contributed by atoms with Gasteiger partial charge in [-0.15, -0.1) is 0 Å². The summed E-state index contributed by atoms with van der Waals surface area (Å²) in [5, 5.41) is 9.98. The van der Waals surface area contributed by atoms with Crippen molar-refractivity contribution >= 4 is 16.9 Å². The van der Waals surface area contributed by atoms with Crippen LogP contribution in [0.4, 0.5) is 0 Å². The Morgan fingerprint density at radius 2 is 2.24 bits per heavy atom. The molecular formula is C13H15NO3. The van der Waals surface area contributed by atoms with Gasteiger partial charge in [0.2, 0.25) is 0 Å². The van der Waals surface area contributed by atoms with E-state index in [9.17, 15) is 4.79 Å². The first-order valence-electron chi connectivity index (χ1n) is 5.60. The molecule has 2 aromatic rings. The summed E-state index contributed by atoms with van der Waals surface area (Å²) in [5.41, 5.74) is 0.880. The number of aromatic nitrogens is 1. The van der Waals surface area contributed by atoms with E-state index in [0.29, 0.717) is 6.61 Å². The van der Waals surface area contributed by atoms with Gasteiger partial charge in [0.05, 0.1) is 12.1 Å². The number of rotatable bonds is 4. The highest BCUT2D eigenvalue weighted by atomic mass is 16.5. The number of nitrogens with zero attached hydrogens (tertiary/aromatic N) is 1. The van der Waals surface area contributed by atoms with Gasteiger partial charge in [0, 0.05) is 11.6 Å². The van der Waals surface area contributed by atoms with Crippen LogP contribution >= 0.6 is 0 Å². The zero-order valence-electron chi connectivity index (χ0n) is 9.88. The number of hydrogen-bond acceptors (Lipinski definition) is 2. The summed E-state index contributed by atoms with van der Waals surface area (Å²) >= 11 is 0. The SMILES string of the molecule is CCOc1cccc2c1ccn2C(C)C(=O)O. The van der Waals surface area contributed by atoms with Crippen molar-refractivity contribution in [1.29, 1.82) is 0 Å². The molecule has 0 saturated carbocycles. The van der Waals surface area contributed by atoms with E-state index in [-0.39, 0.29) is 0 Å². The molecule has 0 bridgehead atoms.